The SMILES string of the molecule is CNC(=O)N(C)N1CC(=O)N2[C@@H](Cc3ccc(NC(=O)c4cccc5ccccc45)cc3)C(=O)N(Cc3cccc4sc(N)nc34)C[C@@H]21. The number of hydrogen-bond donors (Lipinski definition) is 3. The predicted octanol–water partition coefficient (Wildman–Crippen LogP) is 3.89. The summed E-state index contributed by atoms with van der Waals surface area (Å²) in [6.45, 7) is 0.437. The summed E-state index contributed by atoms with van der Waals surface area (Å²) >= 11 is 1.39. The molecule has 2 atom stereocenters. The van der Waals surface area contributed by atoms with Crippen LogP contribution in [0.25, 0.3) is 21.0 Å². The first-order valence-corrected chi connectivity index (χ1v) is 16.4. The Labute approximate surface area is 280 Å². The fourth-order valence-corrected chi connectivity index (χ4v) is 7.44. The summed E-state index contributed by atoms with van der Waals surface area (Å²) in [4.78, 5) is 61.4. The van der Waals surface area contributed by atoms with Gasteiger partial charge in [-0.2, -0.15) is 5.01 Å². The molecule has 1 aromatic heterocycles. The summed E-state index contributed by atoms with van der Waals surface area (Å²) in [7, 11) is 3.14. The largest absolute Gasteiger partial charge is 0.375 e. The van der Waals surface area contributed by atoms with E-state index < -0.39 is 12.2 Å². The summed E-state index contributed by atoms with van der Waals surface area (Å²) in [6, 6.07) is 25.3. The van der Waals surface area contributed by atoms with E-state index in [1.807, 2.05) is 66.7 Å². The highest BCUT2D eigenvalue weighted by Crippen LogP contribution is 2.32. The second-order valence-electron chi connectivity index (χ2n) is 11.9. The lowest BCUT2D eigenvalue weighted by molar-refractivity contribution is -0.157. The Morgan fingerprint density at radius 1 is 1.00 bits per heavy atom. The third kappa shape index (κ3) is 5.67. The zero-order valence-corrected chi connectivity index (χ0v) is 27.2. The highest BCUT2D eigenvalue weighted by Gasteiger charge is 2.51. The summed E-state index contributed by atoms with van der Waals surface area (Å²) in [5.41, 5.74) is 9.60. The molecule has 0 radical (unpaired) electrons. The van der Waals surface area contributed by atoms with E-state index in [1.165, 1.54) is 23.4 Å². The number of fused-ring (bicyclic) bond motifs is 3. The fraction of sp³-hybridized carbons (Fsp3) is 0.229. The molecule has 0 bridgehead atoms. The number of amides is 5. The summed E-state index contributed by atoms with van der Waals surface area (Å²) in [5.74, 6) is -0.653. The number of thiazole rings is 1. The molecule has 0 aliphatic carbocycles. The maximum absolute atomic E-state index is 14.2. The highest BCUT2D eigenvalue weighted by molar-refractivity contribution is 7.22. The summed E-state index contributed by atoms with van der Waals surface area (Å²) in [6.07, 6.45) is -0.304. The maximum Gasteiger partial charge on any atom is 0.331 e. The van der Waals surface area contributed by atoms with Gasteiger partial charge in [0.2, 0.25) is 11.8 Å². The molecule has 2 fully saturated rings. The van der Waals surface area contributed by atoms with Crippen molar-refractivity contribution in [1.29, 1.82) is 0 Å². The van der Waals surface area contributed by atoms with Crippen LogP contribution in [0.4, 0.5) is 15.6 Å². The topological polar surface area (TPSA) is 144 Å². The van der Waals surface area contributed by atoms with Crippen molar-refractivity contribution < 1.29 is 19.2 Å². The van der Waals surface area contributed by atoms with Crippen molar-refractivity contribution in [2.24, 2.45) is 0 Å². The minimum absolute atomic E-state index is 0.0381. The molecule has 4 N–H and O–H groups in total. The number of nitrogens with one attached hydrogen (secondary N) is 2. The van der Waals surface area contributed by atoms with Gasteiger partial charge in [0.1, 0.15) is 12.2 Å². The van der Waals surface area contributed by atoms with E-state index in [4.69, 9.17) is 5.73 Å². The molecule has 13 heteroatoms. The van der Waals surface area contributed by atoms with Gasteiger partial charge in [0, 0.05) is 38.3 Å². The summed E-state index contributed by atoms with van der Waals surface area (Å²) < 4.78 is 0.928. The lowest BCUT2D eigenvalue weighted by Gasteiger charge is -2.45. The van der Waals surface area contributed by atoms with Crippen LogP contribution in [0.5, 0.6) is 0 Å². The van der Waals surface area contributed by atoms with Crippen LogP contribution in [-0.4, -0.2) is 87.9 Å². The van der Waals surface area contributed by atoms with Gasteiger partial charge in [-0.05, 0) is 46.2 Å². The van der Waals surface area contributed by atoms with Gasteiger partial charge in [-0.15, -0.1) is 0 Å². The van der Waals surface area contributed by atoms with Crippen molar-refractivity contribution in [2.75, 3.05) is 38.2 Å². The van der Waals surface area contributed by atoms with E-state index >= 15 is 0 Å². The van der Waals surface area contributed by atoms with Gasteiger partial charge in [-0.25, -0.2) is 9.78 Å². The molecular formula is C35H34N8O4S. The lowest BCUT2D eigenvalue weighted by Crippen LogP contribution is -2.65. The standard InChI is InChI=1S/C35H34N8O4S/c1-37-35(47)40(2)42-20-30(44)43-27(33(46)41(19-29(42)43)18-23-9-6-12-28-31(23)39-34(36)48-28)17-21-13-15-24(16-14-21)38-32(45)26-11-5-8-22-7-3-4-10-25(22)26/h3-16,27,29H,17-20H2,1-2H3,(H2,36,39)(H,37,47)(H,38,45)/t27-,29+/m0/s1. The molecule has 0 saturated carbocycles. The average molecular weight is 663 g/mol. The molecule has 48 heavy (non-hydrogen) atoms. The lowest BCUT2D eigenvalue weighted by atomic mass is 9.99. The number of aromatic nitrogens is 1. The van der Waals surface area contributed by atoms with Crippen molar-refractivity contribution >= 4 is 66.9 Å². The molecule has 0 unspecified atom stereocenters. The van der Waals surface area contributed by atoms with Crippen LogP contribution in [0.15, 0.2) is 84.9 Å². The number of benzene rings is 4. The van der Waals surface area contributed by atoms with E-state index in [0.717, 1.165) is 32.1 Å². The van der Waals surface area contributed by atoms with Crippen molar-refractivity contribution in [2.45, 2.75) is 25.2 Å². The Bertz CT molecular complexity index is 2060. The second-order valence-corrected chi connectivity index (χ2v) is 13.0. The average Bonchev–Trinajstić information content (AvgIpc) is 3.65. The monoisotopic (exact) mass is 662 g/mol. The third-order valence-corrected chi connectivity index (χ3v) is 9.86. The highest BCUT2D eigenvalue weighted by atomic mass is 32.1. The molecule has 7 rings (SSSR count). The van der Waals surface area contributed by atoms with Crippen LogP contribution in [-0.2, 0) is 22.6 Å². The number of carbonyl (C=O) groups excluding carboxylic acids is 4. The van der Waals surface area contributed by atoms with Crippen molar-refractivity contribution in [3.63, 3.8) is 0 Å². The van der Waals surface area contributed by atoms with Crippen LogP contribution in [0.1, 0.15) is 21.5 Å². The van der Waals surface area contributed by atoms with Crippen LogP contribution in [0.3, 0.4) is 0 Å². The predicted molar refractivity (Wildman–Crippen MR) is 185 cm³/mol. The Kier molecular flexibility index (Phi) is 8.15. The minimum atomic E-state index is -0.810. The van der Waals surface area contributed by atoms with Crippen LogP contribution in [0, 0.1) is 0 Å². The van der Waals surface area contributed by atoms with Crippen LogP contribution >= 0.6 is 11.3 Å². The Hall–Kier alpha value is -5.53. The number of urea groups is 1. The number of piperazine rings is 1. The van der Waals surface area contributed by atoms with Crippen LogP contribution < -0.4 is 16.4 Å². The number of para-hydroxylation sites is 1. The van der Waals surface area contributed by atoms with E-state index in [1.54, 1.807) is 40.1 Å². The Balaban J connectivity index is 1.15. The molecule has 2 aliphatic heterocycles. The van der Waals surface area contributed by atoms with Gasteiger partial charge in [0.25, 0.3) is 5.91 Å². The molecule has 244 valence electrons. The molecule has 12 nitrogen and oxygen atoms in total. The quantitative estimate of drug-likeness (QED) is 0.240. The Morgan fingerprint density at radius 2 is 1.75 bits per heavy atom. The minimum Gasteiger partial charge on any atom is -0.375 e. The van der Waals surface area contributed by atoms with Crippen LogP contribution in [0.2, 0.25) is 0 Å². The Morgan fingerprint density at radius 3 is 2.54 bits per heavy atom. The number of hydrogen-bond acceptors (Lipinski definition) is 8. The number of rotatable bonds is 7. The van der Waals surface area contributed by atoms with Gasteiger partial charge in [-0.1, -0.05) is 72.0 Å². The maximum atomic E-state index is 14.2. The molecule has 0 spiro atoms. The molecule has 4 aromatic carbocycles. The third-order valence-electron chi connectivity index (χ3n) is 9.02. The molecular weight excluding hydrogens is 629 g/mol. The summed E-state index contributed by atoms with van der Waals surface area (Å²) in [5, 5.41) is 11.0. The van der Waals surface area contributed by atoms with E-state index in [0.29, 0.717) is 16.4 Å². The number of nitrogens with zero attached hydrogens (tertiary/aromatic N) is 5. The first kappa shape index (κ1) is 31.1. The van der Waals surface area contributed by atoms with E-state index in [9.17, 15) is 19.2 Å². The number of hydrazine groups is 1. The van der Waals surface area contributed by atoms with Gasteiger partial charge in [-0.3, -0.25) is 19.4 Å². The number of carbonyl (C=O) groups is 4. The first-order chi connectivity index (χ1) is 23.2. The molecule has 5 aromatic rings. The van der Waals surface area contributed by atoms with Gasteiger partial charge in [0.05, 0.1) is 23.3 Å². The zero-order valence-electron chi connectivity index (χ0n) is 26.4. The molecule has 5 amide bonds. The second kappa shape index (κ2) is 12.6. The molecule has 2 aliphatic rings. The van der Waals surface area contributed by atoms with Gasteiger partial charge in [0.15, 0.2) is 5.13 Å². The van der Waals surface area contributed by atoms with E-state index in [2.05, 4.69) is 15.6 Å². The number of nitrogens with two attached hydrogens (primary N) is 1. The zero-order chi connectivity index (χ0) is 33.5. The molecule has 2 saturated heterocycles. The van der Waals surface area contributed by atoms with E-state index in [-0.39, 0.29) is 49.8 Å². The normalized spacial score (nSPS) is 18.0. The van der Waals surface area contributed by atoms with Crippen molar-refractivity contribution in [3.8, 4) is 0 Å². The van der Waals surface area contributed by atoms with Gasteiger partial charge < -0.3 is 26.2 Å². The number of anilines is 2. The van der Waals surface area contributed by atoms with Gasteiger partial charge >= 0.3 is 6.03 Å². The smallest absolute Gasteiger partial charge is 0.331 e. The fourth-order valence-electron chi connectivity index (χ4n) is 6.65. The van der Waals surface area contributed by atoms with Crippen molar-refractivity contribution in [1.82, 2.24) is 30.1 Å². The molecule has 3 heterocycles. The first-order valence-electron chi connectivity index (χ1n) is 15.6. The van der Waals surface area contributed by atoms with Crippen molar-refractivity contribution in [3.05, 3.63) is 102 Å². The number of nitrogen functional groups attached to an aromatic ring is 1.